The van der Waals surface area contributed by atoms with Gasteiger partial charge in [-0.2, -0.15) is 0 Å². The lowest BCUT2D eigenvalue weighted by Gasteiger charge is -2.29. The van der Waals surface area contributed by atoms with Gasteiger partial charge in [0.25, 0.3) is 0 Å². The number of hydrogen-bond acceptors (Lipinski definition) is 6. The zero-order valence-corrected chi connectivity index (χ0v) is 17.0. The Morgan fingerprint density at radius 1 is 1.21 bits per heavy atom. The van der Waals surface area contributed by atoms with Crippen LogP contribution in [0.1, 0.15) is 18.2 Å². The Balaban J connectivity index is 1.69. The third-order valence-corrected chi connectivity index (χ3v) is 4.74. The zero-order chi connectivity index (χ0) is 20.1. The summed E-state index contributed by atoms with van der Waals surface area (Å²) in [6.45, 7) is 7.81. The molecule has 2 heterocycles. The van der Waals surface area contributed by atoms with Crippen LogP contribution in [0.15, 0.2) is 36.0 Å². The monoisotopic (exact) mass is 380 g/mol. The van der Waals surface area contributed by atoms with E-state index in [1.165, 1.54) is 5.69 Å². The second-order valence-electron chi connectivity index (χ2n) is 7.17. The molecule has 7 heteroatoms. The van der Waals surface area contributed by atoms with Crippen LogP contribution in [0.3, 0.4) is 0 Å². The van der Waals surface area contributed by atoms with Crippen LogP contribution in [-0.2, 0) is 4.79 Å². The first-order valence-corrected chi connectivity index (χ1v) is 9.50. The van der Waals surface area contributed by atoms with Gasteiger partial charge in [-0.15, -0.1) is 0 Å². The molecule has 1 aliphatic heterocycles. The van der Waals surface area contributed by atoms with Crippen LogP contribution in [0.25, 0.3) is 6.08 Å². The standard InChI is InChI=1S/C21H28N6O/c1-15(20(28)26(3)4)13-17-14-23-21(24-16(17)2)25-18-5-7-19(8-6-18)27-11-9-22-10-12-27/h5-8,13-14,22H,9-12H2,1-4H3,(H,23,24,25)/b15-13+. The van der Waals surface area contributed by atoms with Crippen molar-refractivity contribution in [2.24, 2.45) is 0 Å². The number of carbonyl (C=O) groups excluding carboxylic acids is 1. The highest BCUT2D eigenvalue weighted by molar-refractivity contribution is 5.97. The van der Waals surface area contributed by atoms with Crippen LogP contribution in [0.4, 0.5) is 17.3 Å². The highest BCUT2D eigenvalue weighted by Crippen LogP contribution is 2.21. The number of aryl methyl sites for hydroxylation is 1. The van der Waals surface area contributed by atoms with E-state index in [0.717, 1.165) is 43.1 Å². The van der Waals surface area contributed by atoms with Gasteiger partial charge in [-0.3, -0.25) is 4.79 Å². The summed E-state index contributed by atoms with van der Waals surface area (Å²) in [7, 11) is 3.48. The maximum atomic E-state index is 12.0. The maximum absolute atomic E-state index is 12.0. The fourth-order valence-electron chi connectivity index (χ4n) is 3.13. The van der Waals surface area contributed by atoms with Gasteiger partial charge in [0.05, 0.1) is 5.69 Å². The number of rotatable bonds is 5. The molecule has 0 radical (unpaired) electrons. The molecule has 0 unspecified atom stereocenters. The molecule has 1 aromatic carbocycles. The van der Waals surface area contributed by atoms with Crippen LogP contribution in [0.2, 0.25) is 0 Å². The number of anilines is 3. The average molecular weight is 380 g/mol. The summed E-state index contributed by atoms with van der Waals surface area (Å²) in [5.74, 6) is 0.521. The predicted octanol–water partition coefficient (Wildman–Crippen LogP) is 2.43. The Kier molecular flexibility index (Phi) is 6.26. The van der Waals surface area contributed by atoms with Crippen molar-refractivity contribution < 1.29 is 4.79 Å². The van der Waals surface area contributed by atoms with Crippen LogP contribution < -0.4 is 15.5 Å². The molecular formula is C21H28N6O. The Labute approximate surface area is 166 Å². The van der Waals surface area contributed by atoms with Gasteiger partial charge < -0.3 is 20.4 Å². The van der Waals surface area contributed by atoms with Crippen molar-refractivity contribution in [2.45, 2.75) is 13.8 Å². The van der Waals surface area contributed by atoms with Crippen molar-refractivity contribution in [2.75, 3.05) is 50.5 Å². The lowest BCUT2D eigenvalue weighted by Crippen LogP contribution is -2.43. The first kappa shape index (κ1) is 19.8. The summed E-state index contributed by atoms with van der Waals surface area (Å²) in [5.41, 5.74) is 4.49. The Bertz CT molecular complexity index is 854. The van der Waals surface area contributed by atoms with Gasteiger partial charge in [0.1, 0.15) is 0 Å². The van der Waals surface area contributed by atoms with Gasteiger partial charge in [0.15, 0.2) is 0 Å². The van der Waals surface area contributed by atoms with Crippen LogP contribution in [0.5, 0.6) is 0 Å². The average Bonchev–Trinajstić information content (AvgIpc) is 2.70. The molecule has 1 saturated heterocycles. The Hall–Kier alpha value is -2.93. The molecule has 2 N–H and O–H groups in total. The molecule has 0 saturated carbocycles. The number of benzene rings is 1. The van der Waals surface area contributed by atoms with Crippen molar-refractivity contribution in [1.82, 2.24) is 20.2 Å². The van der Waals surface area contributed by atoms with Gasteiger partial charge in [0, 0.05) is 69.0 Å². The summed E-state index contributed by atoms with van der Waals surface area (Å²) in [6, 6.07) is 8.33. The van der Waals surface area contributed by atoms with E-state index < -0.39 is 0 Å². The number of nitrogens with one attached hydrogen (secondary N) is 2. The molecule has 7 nitrogen and oxygen atoms in total. The summed E-state index contributed by atoms with van der Waals surface area (Å²) in [6.07, 6.45) is 3.57. The number of nitrogens with zero attached hydrogens (tertiary/aromatic N) is 4. The number of likely N-dealkylation sites (N-methyl/N-ethyl adjacent to an activating group) is 1. The number of piperazine rings is 1. The van der Waals surface area contributed by atoms with E-state index in [-0.39, 0.29) is 5.91 Å². The molecule has 1 amide bonds. The molecule has 0 bridgehead atoms. The summed E-state index contributed by atoms with van der Waals surface area (Å²) in [5, 5.41) is 6.61. The molecule has 28 heavy (non-hydrogen) atoms. The molecule has 2 aromatic rings. The topological polar surface area (TPSA) is 73.4 Å². The van der Waals surface area contributed by atoms with Crippen molar-refractivity contribution in [1.29, 1.82) is 0 Å². The molecule has 0 aliphatic carbocycles. The number of amides is 1. The fourth-order valence-corrected chi connectivity index (χ4v) is 3.13. The molecule has 148 valence electrons. The number of aromatic nitrogens is 2. The van der Waals surface area contributed by atoms with E-state index in [1.54, 1.807) is 32.1 Å². The van der Waals surface area contributed by atoms with E-state index in [0.29, 0.717) is 11.5 Å². The highest BCUT2D eigenvalue weighted by Gasteiger charge is 2.11. The zero-order valence-electron chi connectivity index (χ0n) is 17.0. The number of carbonyl (C=O) groups is 1. The van der Waals surface area contributed by atoms with Crippen LogP contribution in [-0.4, -0.2) is 61.0 Å². The third-order valence-electron chi connectivity index (χ3n) is 4.74. The molecule has 0 atom stereocenters. The van der Waals surface area contributed by atoms with Crippen LogP contribution in [0, 0.1) is 6.92 Å². The van der Waals surface area contributed by atoms with Gasteiger partial charge in [-0.25, -0.2) is 9.97 Å². The van der Waals surface area contributed by atoms with Crippen molar-refractivity contribution in [3.8, 4) is 0 Å². The van der Waals surface area contributed by atoms with E-state index in [2.05, 4.69) is 37.6 Å². The third kappa shape index (κ3) is 4.86. The minimum absolute atomic E-state index is 0.0221. The smallest absolute Gasteiger partial charge is 0.248 e. The predicted molar refractivity (Wildman–Crippen MR) is 114 cm³/mol. The SMILES string of the molecule is C/C(=C\c1cnc(Nc2ccc(N3CCNCC3)cc2)nc1C)C(=O)N(C)C. The summed E-state index contributed by atoms with van der Waals surface area (Å²) < 4.78 is 0. The van der Waals surface area contributed by atoms with Crippen LogP contribution >= 0.6 is 0 Å². The Morgan fingerprint density at radius 2 is 1.89 bits per heavy atom. The molecule has 0 spiro atoms. The minimum Gasteiger partial charge on any atom is -0.369 e. The van der Waals surface area contributed by atoms with Gasteiger partial charge in [-0.1, -0.05) is 0 Å². The fraction of sp³-hybridized carbons (Fsp3) is 0.381. The lowest BCUT2D eigenvalue weighted by molar-refractivity contribution is -0.124. The quantitative estimate of drug-likeness (QED) is 0.776. The normalized spacial score (nSPS) is 14.7. The molecular weight excluding hydrogens is 352 g/mol. The minimum atomic E-state index is -0.0221. The maximum Gasteiger partial charge on any atom is 0.248 e. The second kappa shape index (κ2) is 8.84. The lowest BCUT2D eigenvalue weighted by atomic mass is 10.1. The molecule has 1 aromatic heterocycles. The molecule has 1 fully saturated rings. The molecule has 3 rings (SSSR count). The largest absolute Gasteiger partial charge is 0.369 e. The first-order chi connectivity index (χ1) is 13.4. The van der Waals surface area contributed by atoms with E-state index in [1.807, 2.05) is 25.1 Å². The van der Waals surface area contributed by atoms with Crippen molar-refractivity contribution in [3.05, 3.63) is 47.3 Å². The van der Waals surface area contributed by atoms with E-state index >= 15 is 0 Å². The first-order valence-electron chi connectivity index (χ1n) is 9.50. The van der Waals surface area contributed by atoms with Gasteiger partial charge in [0.2, 0.25) is 11.9 Å². The van der Waals surface area contributed by atoms with Crippen molar-refractivity contribution in [3.63, 3.8) is 0 Å². The summed E-state index contributed by atoms with van der Waals surface area (Å²) >= 11 is 0. The van der Waals surface area contributed by atoms with E-state index in [4.69, 9.17) is 0 Å². The Morgan fingerprint density at radius 3 is 2.50 bits per heavy atom. The van der Waals surface area contributed by atoms with Gasteiger partial charge >= 0.3 is 0 Å². The summed E-state index contributed by atoms with van der Waals surface area (Å²) in [4.78, 5) is 24.9. The van der Waals surface area contributed by atoms with Gasteiger partial charge in [-0.05, 0) is 44.2 Å². The van der Waals surface area contributed by atoms with Crippen molar-refractivity contribution >= 4 is 29.3 Å². The molecule has 1 aliphatic rings. The second-order valence-corrected chi connectivity index (χ2v) is 7.17. The highest BCUT2D eigenvalue weighted by atomic mass is 16.2. The van der Waals surface area contributed by atoms with E-state index in [9.17, 15) is 4.79 Å². The number of hydrogen-bond donors (Lipinski definition) is 2.